The van der Waals surface area contributed by atoms with Gasteiger partial charge in [0.15, 0.2) is 0 Å². The first-order valence-corrected chi connectivity index (χ1v) is 6.26. The van der Waals surface area contributed by atoms with Crippen molar-refractivity contribution in [2.75, 3.05) is 13.7 Å². The molecule has 90 valence electrons. The van der Waals surface area contributed by atoms with Gasteiger partial charge in [0.25, 0.3) is 0 Å². The maximum absolute atomic E-state index is 11.3. The van der Waals surface area contributed by atoms with E-state index < -0.39 is 0 Å². The van der Waals surface area contributed by atoms with Crippen molar-refractivity contribution in [3.63, 3.8) is 0 Å². The van der Waals surface area contributed by atoms with Crippen LogP contribution < -0.4 is 0 Å². The van der Waals surface area contributed by atoms with Gasteiger partial charge in [0.05, 0.1) is 13.0 Å². The molecule has 2 rings (SSSR count). The lowest BCUT2D eigenvalue weighted by Crippen LogP contribution is -2.37. The van der Waals surface area contributed by atoms with Gasteiger partial charge in [0.1, 0.15) is 0 Å². The summed E-state index contributed by atoms with van der Waals surface area (Å²) in [6.45, 7) is 2.33. The van der Waals surface area contributed by atoms with E-state index in [1.165, 1.54) is 18.4 Å². The Labute approximate surface area is 97.5 Å². The van der Waals surface area contributed by atoms with Crippen LogP contribution in [0, 0.1) is 0 Å². The molecular weight excluding hydrogens is 202 g/mol. The fraction of sp³-hybridized carbons (Fsp3) is 0.769. The normalized spacial score (nSPS) is 29.2. The number of esters is 1. The van der Waals surface area contributed by atoms with Gasteiger partial charge in [-0.15, -0.1) is 0 Å². The van der Waals surface area contributed by atoms with Gasteiger partial charge < -0.3 is 4.74 Å². The van der Waals surface area contributed by atoms with Crippen LogP contribution in [0.1, 0.15) is 39.0 Å². The highest BCUT2D eigenvalue weighted by atomic mass is 16.5. The molecule has 0 amide bonds. The Kier molecular flexibility index (Phi) is 3.64. The van der Waals surface area contributed by atoms with Crippen LogP contribution in [-0.2, 0) is 9.53 Å². The van der Waals surface area contributed by atoms with Gasteiger partial charge in [0.2, 0.25) is 0 Å². The van der Waals surface area contributed by atoms with E-state index in [0.29, 0.717) is 25.1 Å². The summed E-state index contributed by atoms with van der Waals surface area (Å²) >= 11 is 0. The zero-order chi connectivity index (χ0) is 11.5. The van der Waals surface area contributed by atoms with E-state index in [0.717, 1.165) is 12.8 Å². The predicted molar refractivity (Wildman–Crippen MR) is 63.1 cm³/mol. The lowest BCUT2D eigenvalue weighted by molar-refractivity contribution is -0.142. The molecule has 0 aliphatic carbocycles. The third kappa shape index (κ3) is 2.46. The van der Waals surface area contributed by atoms with Crippen molar-refractivity contribution >= 4 is 5.97 Å². The summed E-state index contributed by atoms with van der Waals surface area (Å²) in [7, 11) is 2.23. The molecule has 0 radical (unpaired) electrons. The average Bonchev–Trinajstić information content (AvgIpc) is 2.52. The molecule has 2 heterocycles. The van der Waals surface area contributed by atoms with Gasteiger partial charge in [-0.25, -0.2) is 0 Å². The Morgan fingerprint density at radius 2 is 2.06 bits per heavy atom. The van der Waals surface area contributed by atoms with E-state index in [-0.39, 0.29) is 5.97 Å². The summed E-state index contributed by atoms with van der Waals surface area (Å²) in [5.41, 5.74) is 1.46. The number of hydrogen-bond acceptors (Lipinski definition) is 3. The average molecular weight is 223 g/mol. The van der Waals surface area contributed by atoms with Crippen molar-refractivity contribution in [2.45, 2.75) is 51.1 Å². The van der Waals surface area contributed by atoms with Crippen LogP contribution in [0.5, 0.6) is 0 Å². The number of carbonyl (C=O) groups excluding carboxylic acids is 1. The highest BCUT2D eigenvalue weighted by Crippen LogP contribution is 2.36. The topological polar surface area (TPSA) is 29.5 Å². The monoisotopic (exact) mass is 223 g/mol. The van der Waals surface area contributed by atoms with Crippen LogP contribution in [0.2, 0.25) is 0 Å². The number of fused-ring (bicyclic) bond motifs is 2. The van der Waals surface area contributed by atoms with Gasteiger partial charge in [-0.2, -0.15) is 0 Å². The Bertz CT molecular complexity index is 282. The Morgan fingerprint density at radius 3 is 2.62 bits per heavy atom. The third-order valence-electron chi connectivity index (χ3n) is 3.84. The molecule has 16 heavy (non-hydrogen) atoms. The molecule has 0 aromatic rings. The first kappa shape index (κ1) is 11.6. The maximum Gasteiger partial charge on any atom is 0.309 e. The van der Waals surface area contributed by atoms with Crippen LogP contribution in [0.15, 0.2) is 11.6 Å². The lowest BCUT2D eigenvalue weighted by Gasteiger charge is -2.32. The fourth-order valence-corrected chi connectivity index (χ4v) is 2.89. The number of nitrogens with zero attached hydrogens (tertiary/aromatic N) is 1. The molecule has 0 spiro atoms. The minimum absolute atomic E-state index is 0.0960. The van der Waals surface area contributed by atoms with Crippen LogP contribution in [-0.4, -0.2) is 36.6 Å². The number of carbonyl (C=O) groups is 1. The summed E-state index contributed by atoms with van der Waals surface area (Å²) in [6.07, 6.45) is 7.47. The molecule has 3 heteroatoms. The first-order valence-electron chi connectivity index (χ1n) is 6.26. The molecule has 2 atom stereocenters. The Hall–Kier alpha value is -0.830. The molecule has 0 aromatic heterocycles. The SMILES string of the molecule is CCOC(=O)CC=C1CC2CCC(C1)N2C. The van der Waals surface area contributed by atoms with Crippen LogP contribution in [0.3, 0.4) is 0 Å². The van der Waals surface area contributed by atoms with E-state index in [1.807, 2.05) is 6.92 Å². The smallest absolute Gasteiger partial charge is 0.309 e. The molecule has 2 bridgehead atoms. The highest BCUT2D eigenvalue weighted by Gasteiger charge is 2.35. The molecule has 0 saturated carbocycles. The standard InChI is InChI=1S/C13H21NO2/c1-3-16-13(15)7-4-10-8-11-5-6-12(9-10)14(11)2/h4,11-12H,3,5-9H2,1-2H3. The molecule has 2 fully saturated rings. The largest absolute Gasteiger partial charge is 0.466 e. The van der Waals surface area contributed by atoms with Gasteiger partial charge in [0, 0.05) is 12.1 Å². The predicted octanol–water partition coefficient (Wildman–Crippen LogP) is 2.12. The summed E-state index contributed by atoms with van der Waals surface area (Å²) in [4.78, 5) is 13.8. The van der Waals surface area contributed by atoms with E-state index >= 15 is 0 Å². The summed E-state index contributed by atoms with van der Waals surface area (Å²) in [5, 5.41) is 0. The van der Waals surface area contributed by atoms with Gasteiger partial charge in [-0.3, -0.25) is 9.69 Å². The molecule has 0 N–H and O–H groups in total. The molecule has 2 aliphatic rings. The van der Waals surface area contributed by atoms with E-state index in [1.54, 1.807) is 0 Å². The Morgan fingerprint density at radius 1 is 1.44 bits per heavy atom. The lowest BCUT2D eigenvalue weighted by atomic mass is 9.96. The fourth-order valence-electron chi connectivity index (χ4n) is 2.89. The second kappa shape index (κ2) is 5.00. The van der Waals surface area contributed by atoms with Crippen molar-refractivity contribution in [3.05, 3.63) is 11.6 Å². The van der Waals surface area contributed by atoms with Gasteiger partial charge >= 0.3 is 5.97 Å². The highest BCUT2D eigenvalue weighted by molar-refractivity contribution is 5.71. The Balaban J connectivity index is 1.87. The van der Waals surface area contributed by atoms with Crippen LogP contribution in [0.4, 0.5) is 0 Å². The third-order valence-corrected chi connectivity index (χ3v) is 3.84. The van der Waals surface area contributed by atoms with Crippen molar-refractivity contribution in [3.8, 4) is 0 Å². The zero-order valence-corrected chi connectivity index (χ0v) is 10.2. The second-order valence-corrected chi connectivity index (χ2v) is 4.83. The van der Waals surface area contributed by atoms with Crippen LogP contribution in [0.25, 0.3) is 0 Å². The number of piperidine rings is 1. The van der Waals surface area contributed by atoms with Gasteiger partial charge in [-0.05, 0) is 39.7 Å². The second-order valence-electron chi connectivity index (χ2n) is 4.83. The molecule has 2 aliphatic heterocycles. The zero-order valence-electron chi connectivity index (χ0n) is 10.2. The van der Waals surface area contributed by atoms with E-state index in [2.05, 4.69) is 18.0 Å². The molecule has 2 saturated heterocycles. The molecule has 0 aromatic carbocycles. The minimum atomic E-state index is -0.0960. The van der Waals surface area contributed by atoms with E-state index in [4.69, 9.17) is 4.74 Å². The first-order chi connectivity index (χ1) is 7.70. The van der Waals surface area contributed by atoms with Crippen molar-refractivity contribution in [1.82, 2.24) is 4.90 Å². The quantitative estimate of drug-likeness (QED) is 0.542. The molecular formula is C13H21NO2. The maximum atomic E-state index is 11.3. The van der Waals surface area contributed by atoms with Crippen molar-refractivity contribution < 1.29 is 9.53 Å². The summed E-state index contributed by atoms with van der Waals surface area (Å²) in [5.74, 6) is -0.0960. The van der Waals surface area contributed by atoms with Crippen molar-refractivity contribution in [1.29, 1.82) is 0 Å². The molecule has 3 nitrogen and oxygen atoms in total. The van der Waals surface area contributed by atoms with Crippen molar-refractivity contribution in [2.24, 2.45) is 0 Å². The number of hydrogen-bond donors (Lipinski definition) is 0. The summed E-state index contributed by atoms with van der Waals surface area (Å²) < 4.78 is 4.93. The number of rotatable bonds is 3. The van der Waals surface area contributed by atoms with Gasteiger partial charge in [-0.1, -0.05) is 11.6 Å². The molecule has 2 unspecified atom stereocenters. The summed E-state index contributed by atoms with van der Waals surface area (Å²) in [6, 6.07) is 1.43. The van der Waals surface area contributed by atoms with Crippen LogP contribution >= 0.6 is 0 Å². The number of ether oxygens (including phenoxy) is 1. The van der Waals surface area contributed by atoms with E-state index in [9.17, 15) is 4.79 Å². The minimum Gasteiger partial charge on any atom is -0.466 e.